The molecule has 0 saturated heterocycles. The molecule has 1 amide bonds. The maximum absolute atomic E-state index is 12.0. The van der Waals surface area contributed by atoms with Gasteiger partial charge in [0.25, 0.3) is 0 Å². The highest BCUT2D eigenvalue weighted by atomic mass is 16.5. The number of benzene rings is 1. The Balaban J connectivity index is 1.80. The predicted molar refractivity (Wildman–Crippen MR) is 91.6 cm³/mol. The average Bonchev–Trinajstić information content (AvgIpc) is 2.91. The number of hydrogen-bond donors (Lipinski definition) is 1. The van der Waals surface area contributed by atoms with E-state index in [0.29, 0.717) is 25.5 Å². The van der Waals surface area contributed by atoms with Crippen molar-refractivity contribution in [3.8, 4) is 5.75 Å². The van der Waals surface area contributed by atoms with Gasteiger partial charge in [0.15, 0.2) is 0 Å². The van der Waals surface area contributed by atoms with E-state index in [9.17, 15) is 4.79 Å². The number of aromatic nitrogens is 2. The molecule has 5 heteroatoms. The van der Waals surface area contributed by atoms with Crippen molar-refractivity contribution >= 4 is 11.6 Å². The number of nitrogens with zero attached hydrogens (tertiary/aromatic N) is 2. The zero-order valence-electron chi connectivity index (χ0n) is 14.1. The van der Waals surface area contributed by atoms with Crippen LogP contribution in [-0.2, 0) is 11.3 Å². The van der Waals surface area contributed by atoms with Crippen LogP contribution in [0.1, 0.15) is 32.3 Å². The molecule has 1 aromatic heterocycles. The smallest absolute Gasteiger partial charge is 0.226 e. The third-order valence-electron chi connectivity index (χ3n) is 3.41. The molecule has 0 bridgehead atoms. The monoisotopic (exact) mass is 315 g/mol. The summed E-state index contributed by atoms with van der Waals surface area (Å²) in [6.07, 6.45) is 5.12. The fraction of sp³-hybridized carbons (Fsp3) is 0.444. The molecular formula is C18H25N3O2. The lowest BCUT2D eigenvalue weighted by Crippen LogP contribution is -2.14. The Morgan fingerprint density at radius 1 is 1.39 bits per heavy atom. The Bertz CT molecular complexity index is 635. The molecule has 0 unspecified atom stereocenters. The second-order valence-electron chi connectivity index (χ2n) is 6.14. The second kappa shape index (κ2) is 8.36. The third kappa shape index (κ3) is 6.14. The van der Waals surface area contributed by atoms with E-state index in [1.165, 1.54) is 0 Å². The van der Waals surface area contributed by atoms with Gasteiger partial charge in [0.1, 0.15) is 5.75 Å². The van der Waals surface area contributed by atoms with E-state index in [2.05, 4.69) is 24.3 Å². The van der Waals surface area contributed by atoms with Crippen molar-refractivity contribution in [1.82, 2.24) is 9.78 Å². The molecule has 0 spiro atoms. The van der Waals surface area contributed by atoms with Crippen LogP contribution >= 0.6 is 0 Å². The van der Waals surface area contributed by atoms with Gasteiger partial charge in [0, 0.05) is 30.9 Å². The van der Waals surface area contributed by atoms with E-state index >= 15 is 0 Å². The molecule has 0 atom stereocenters. The van der Waals surface area contributed by atoms with Crippen molar-refractivity contribution in [3.63, 3.8) is 0 Å². The Morgan fingerprint density at radius 3 is 2.91 bits per heavy atom. The summed E-state index contributed by atoms with van der Waals surface area (Å²) in [5.74, 6) is 1.37. The molecule has 0 aliphatic heterocycles. The van der Waals surface area contributed by atoms with E-state index in [1.54, 1.807) is 10.9 Å². The van der Waals surface area contributed by atoms with E-state index < -0.39 is 0 Å². The van der Waals surface area contributed by atoms with Gasteiger partial charge >= 0.3 is 0 Å². The zero-order valence-corrected chi connectivity index (χ0v) is 14.1. The van der Waals surface area contributed by atoms with E-state index in [4.69, 9.17) is 4.74 Å². The molecule has 0 fully saturated rings. The number of hydrogen-bond acceptors (Lipinski definition) is 3. The van der Waals surface area contributed by atoms with Crippen molar-refractivity contribution in [3.05, 3.63) is 42.2 Å². The third-order valence-corrected chi connectivity index (χ3v) is 3.41. The molecule has 0 saturated carbocycles. The number of aryl methyl sites for hydroxylation is 2. The van der Waals surface area contributed by atoms with Gasteiger partial charge in [-0.05, 0) is 37.0 Å². The number of rotatable bonds is 8. The van der Waals surface area contributed by atoms with Crippen LogP contribution in [-0.4, -0.2) is 22.3 Å². The van der Waals surface area contributed by atoms with Crippen molar-refractivity contribution in [2.75, 3.05) is 11.9 Å². The first-order chi connectivity index (χ1) is 11.0. The summed E-state index contributed by atoms with van der Waals surface area (Å²) in [7, 11) is 0. The fourth-order valence-electron chi connectivity index (χ4n) is 2.10. The summed E-state index contributed by atoms with van der Waals surface area (Å²) in [5.41, 5.74) is 1.85. The number of carbonyl (C=O) groups is 1. The summed E-state index contributed by atoms with van der Waals surface area (Å²) < 4.78 is 7.48. The van der Waals surface area contributed by atoms with Crippen LogP contribution in [0.25, 0.3) is 0 Å². The number of anilines is 1. The molecule has 2 rings (SSSR count). The molecule has 0 aliphatic rings. The van der Waals surface area contributed by atoms with Crippen LogP contribution in [0.15, 0.2) is 36.7 Å². The highest BCUT2D eigenvalue weighted by Gasteiger charge is 2.05. The normalized spacial score (nSPS) is 10.8. The maximum atomic E-state index is 12.0. The van der Waals surface area contributed by atoms with Gasteiger partial charge in [0.2, 0.25) is 5.91 Å². The van der Waals surface area contributed by atoms with Gasteiger partial charge < -0.3 is 10.1 Å². The lowest BCUT2D eigenvalue weighted by Gasteiger charge is -2.10. The second-order valence-corrected chi connectivity index (χ2v) is 6.14. The van der Waals surface area contributed by atoms with Crippen molar-refractivity contribution in [2.45, 2.75) is 40.2 Å². The fourth-order valence-corrected chi connectivity index (χ4v) is 2.10. The SMILES string of the molecule is Cc1cnn(CCC(=O)Nc2cccc(OCCC(C)C)c2)c1. The lowest BCUT2D eigenvalue weighted by atomic mass is 10.1. The van der Waals surface area contributed by atoms with Crippen molar-refractivity contribution < 1.29 is 9.53 Å². The van der Waals surface area contributed by atoms with Gasteiger partial charge in [0.05, 0.1) is 12.8 Å². The highest BCUT2D eigenvalue weighted by Crippen LogP contribution is 2.18. The number of ether oxygens (including phenoxy) is 1. The standard InChI is InChI=1S/C18H25N3O2/c1-14(2)8-10-23-17-6-4-5-16(11-17)20-18(22)7-9-21-13-15(3)12-19-21/h4-6,11-14H,7-10H2,1-3H3,(H,20,22). The molecule has 0 radical (unpaired) electrons. The Morgan fingerprint density at radius 2 is 2.22 bits per heavy atom. The van der Waals surface area contributed by atoms with Gasteiger partial charge in [-0.2, -0.15) is 5.10 Å². The molecule has 23 heavy (non-hydrogen) atoms. The van der Waals surface area contributed by atoms with Crippen LogP contribution in [0.5, 0.6) is 5.75 Å². The lowest BCUT2D eigenvalue weighted by molar-refractivity contribution is -0.116. The Hall–Kier alpha value is -2.30. The van der Waals surface area contributed by atoms with Gasteiger partial charge in [-0.1, -0.05) is 19.9 Å². The summed E-state index contributed by atoms with van der Waals surface area (Å²) >= 11 is 0. The molecule has 124 valence electrons. The van der Waals surface area contributed by atoms with Crippen LogP contribution in [0, 0.1) is 12.8 Å². The summed E-state index contributed by atoms with van der Waals surface area (Å²) in [4.78, 5) is 12.0. The molecule has 1 heterocycles. The van der Waals surface area contributed by atoms with Crippen LogP contribution in [0.3, 0.4) is 0 Å². The first-order valence-electron chi connectivity index (χ1n) is 8.04. The minimum atomic E-state index is -0.0301. The van der Waals surface area contributed by atoms with E-state index in [0.717, 1.165) is 23.4 Å². The van der Waals surface area contributed by atoms with E-state index in [-0.39, 0.29) is 5.91 Å². The molecule has 1 N–H and O–H groups in total. The summed E-state index contributed by atoms with van der Waals surface area (Å²) in [6, 6.07) is 7.52. The molecule has 2 aromatic rings. The largest absolute Gasteiger partial charge is 0.494 e. The number of carbonyl (C=O) groups excluding carboxylic acids is 1. The Kier molecular flexibility index (Phi) is 6.20. The van der Waals surface area contributed by atoms with Gasteiger partial charge in [-0.3, -0.25) is 9.48 Å². The Labute approximate surface area is 137 Å². The first-order valence-corrected chi connectivity index (χ1v) is 8.04. The predicted octanol–water partition coefficient (Wildman–Crippen LogP) is 3.65. The first kappa shape index (κ1) is 17.1. The van der Waals surface area contributed by atoms with Crippen LogP contribution < -0.4 is 10.1 Å². The maximum Gasteiger partial charge on any atom is 0.226 e. The topological polar surface area (TPSA) is 56.2 Å². The molecule has 0 aliphatic carbocycles. The molecule has 1 aromatic carbocycles. The molecule has 5 nitrogen and oxygen atoms in total. The number of nitrogens with one attached hydrogen (secondary N) is 1. The van der Waals surface area contributed by atoms with Crippen molar-refractivity contribution in [1.29, 1.82) is 0 Å². The molecular weight excluding hydrogens is 290 g/mol. The van der Waals surface area contributed by atoms with Crippen LogP contribution in [0.2, 0.25) is 0 Å². The number of amides is 1. The zero-order chi connectivity index (χ0) is 16.7. The highest BCUT2D eigenvalue weighted by molar-refractivity contribution is 5.90. The quantitative estimate of drug-likeness (QED) is 0.809. The summed E-state index contributed by atoms with van der Waals surface area (Å²) in [6.45, 7) is 7.58. The van der Waals surface area contributed by atoms with Crippen LogP contribution in [0.4, 0.5) is 5.69 Å². The van der Waals surface area contributed by atoms with E-state index in [1.807, 2.05) is 37.4 Å². The minimum Gasteiger partial charge on any atom is -0.494 e. The van der Waals surface area contributed by atoms with Gasteiger partial charge in [-0.15, -0.1) is 0 Å². The van der Waals surface area contributed by atoms with Gasteiger partial charge in [-0.25, -0.2) is 0 Å². The summed E-state index contributed by atoms with van der Waals surface area (Å²) in [5, 5.41) is 7.07. The average molecular weight is 315 g/mol. The van der Waals surface area contributed by atoms with Crippen molar-refractivity contribution in [2.24, 2.45) is 5.92 Å². The minimum absolute atomic E-state index is 0.0301.